The van der Waals surface area contributed by atoms with Gasteiger partial charge in [0.05, 0.1) is 17.8 Å². The summed E-state index contributed by atoms with van der Waals surface area (Å²) in [5.41, 5.74) is 4.53. The first-order valence-corrected chi connectivity index (χ1v) is 15.4. The summed E-state index contributed by atoms with van der Waals surface area (Å²) in [7, 11) is -2.18. The molecule has 0 fully saturated rings. The van der Waals surface area contributed by atoms with Crippen LogP contribution in [0, 0.1) is 13.8 Å². The summed E-state index contributed by atoms with van der Waals surface area (Å²) in [4.78, 5) is 15.6. The Balaban J connectivity index is 2.29. The molecule has 0 unspecified atom stereocenters. The van der Waals surface area contributed by atoms with E-state index in [2.05, 4.69) is 52.3 Å². The highest BCUT2D eigenvalue weighted by Gasteiger charge is 2.39. The van der Waals surface area contributed by atoms with Crippen molar-refractivity contribution in [1.82, 2.24) is 0 Å². The molecule has 2 aromatic rings. The first-order valence-electron chi connectivity index (χ1n) is 7.45. The van der Waals surface area contributed by atoms with Gasteiger partial charge >= 0.3 is 0 Å². The lowest BCUT2D eigenvalue weighted by Gasteiger charge is -2.24. The molecule has 0 saturated heterocycles. The third-order valence-electron chi connectivity index (χ3n) is 4.15. The third-order valence-corrected chi connectivity index (χ3v) is 13.6. The zero-order valence-corrected chi connectivity index (χ0v) is 18.1. The molecule has 120 valence electrons. The van der Waals surface area contributed by atoms with Crippen LogP contribution in [0.25, 0.3) is 9.75 Å². The maximum Gasteiger partial charge on any atom is 0.196 e. The highest BCUT2D eigenvalue weighted by atomic mass is 32.3. The summed E-state index contributed by atoms with van der Waals surface area (Å²) in [5.74, 6) is 0.284. The molecule has 2 heterocycles. The van der Waals surface area contributed by atoms with Crippen LogP contribution in [0.1, 0.15) is 27.0 Å². The molecule has 0 aromatic carbocycles. The van der Waals surface area contributed by atoms with E-state index in [1.807, 2.05) is 22.7 Å². The van der Waals surface area contributed by atoms with Crippen LogP contribution in [-0.4, -0.2) is 32.6 Å². The number of carbonyl (C=O) groups is 1. The molecule has 0 aliphatic heterocycles. The number of ketones is 1. The van der Waals surface area contributed by atoms with Gasteiger partial charge in [0.25, 0.3) is 0 Å². The van der Waals surface area contributed by atoms with E-state index in [4.69, 9.17) is 0 Å². The van der Waals surface area contributed by atoms with Gasteiger partial charge in [-0.3, -0.25) is 4.79 Å². The molecule has 0 N–H and O–H groups in total. The molecule has 0 atom stereocenters. The molecule has 5 heteroatoms. The van der Waals surface area contributed by atoms with Crippen LogP contribution in [0.4, 0.5) is 0 Å². The molecule has 0 spiro atoms. The van der Waals surface area contributed by atoms with Gasteiger partial charge in [-0.2, -0.15) is 0 Å². The molecule has 3 rings (SSSR count). The molecule has 22 heavy (non-hydrogen) atoms. The number of fused-ring (bicyclic) bond motifs is 3. The maximum absolute atomic E-state index is 13.0. The zero-order chi connectivity index (χ0) is 16.6. The van der Waals surface area contributed by atoms with Gasteiger partial charge in [-0.15, -0.1) is 22.7 Å². The standard InChI is InChI=1S/C17H24OS3Si/c1-9-11-13(18)12-10(2)17(22(6,7)8)20-15(12)14(11)19-16(9)21(3,4)5/h1-8H3. The average Bonchev–Trinajstić information content (AvgIpc) is 2.92. The summed E-state index contributed by atoms with van der Waals surface area (Å²) in [6, 6.07) is 0. The summed E-state index contributed by atoms with van der Waals surface area (Å²) in [5, 5.41) is 0. The van der Waals surface area contributed by atoms with E-state index in [0.29, 0.717) is 0 Å². The van der Waals surface area contributed by atoms with Crippen LogP contribution >= 0.6 is 32.7 Å². The SMILES string of the molecule is Cc1c([Si](C)(C)C)sc2c1C(=O)c1c-2sc(S(C)(C)C)c1C. The van der Waals surface area contributed by atoms with Crippen LogP contribution in [0.2, 0.25) is 19.6 Å². The average molecular weight is 369 g/mol. The van der Waals surface area contributed by atoms with Gasteiger partial charge in [-0.1, -0.05) is 19.6 Å². The van der Waals surface area contributed by atoms with E-state index < -0.39 is 18.1 Å². The Labute approximate surface area is 144 Å². The molecular weight excluding hydrogens is 344 g/mol. The Morgan fingerprint density at radius 3 is 1.86 bits per heavy atom. The molecule has 0 saturated carbocycles. The Kier molecular flexibility index (Phi) is 3.61. The summed E-state index contributed by atoms with van der Waals surface area (Å²) < 4.78 is 2.93. The van der Waals surface area contributed by atoms with Crippen molar-refractivity contribution in [2.45, 2.75) is 37.7 Å². The van der Waals surface area contributed by atoms with E-state index in [0.717, 1.165) is 11.1 Å². The van der Waals surface area contributed by atoms with Crippen molar-refractivity contribution in [2.75, 3.05) is 18.8 Å². The monoisotopic (exact) mass is 368 g/mol. The van der Waals surface area contributed by atoms with E-state index in [1.54, 1.807) is 0 Å². The van der Waals surface area contributed by atoms with Gasteiger partial charge in [0.15, 0.2) is 5.78 Å². The molecule has 1 nitrogen and oxygen atoms in total. The summed E-state index contributed by atoms with van der Waals surface area (Å²) >= 11 is 3.77. The Hall–Kier alpha value is -0.363. The lowest BCUT2D eigenvalue weighted by molar-refractivity contribution is 0.104. The fourth-order valence-corrected chi connectivity index (χ4v) is 10.6. The predicted molar refractivity (Wildman–Crippen MR) is 107 cm³/mol. The molecule has 0 amide bonds. The van der Waals surface area contributed by atoms with Crippen molar-refractivity contribution in [3.8, 4) is 9.75 Å². The maximum atomic E-state index is 13.0. The first-order chi connectivity index (χ1) is 9.94. The minimum Gasteiger partial charge on any atom is -0.288 e. The molecule has 0 radical (unpaired) electrons. The van der Waals surface area contributed by atoms with Crippen molar-refractivity contribution in [2.24, 2.45) is 0 Å². The lowest BCUT2D eigenvalue weighted by atomic mass is 10.1. The number of rotatable bonds is 2. The second-order valence-corrected chi connectivity index (χ2v) is 19.6. The van der Waals surface area contributed by atoms with Gasteiger partial charge in [0.1, 0.15) is 0 Å². The molecular formula is C17H24OS3Si. The van der Waals surface area contributed by atoms with E-state index in [1.165, 1.54) is 29.6 Å². The molecule has 1 aliphatic carbocycles. The second-order valence-electron chi connectivity index (χ2n) is 7.90. The highest BCUT2D eigenvalue weighted by molar-refractivity contribution is 8.33. The molecule has 0 bridgehead atoms. The highest BCUT2D eigenvalue weighted by Crippen LogP contribution is 2.58. The summed E-state index contributed by atoms with van der Waals surface area (Å²) in [6.07, 6.45) is 6.96. The summed E-state index contributed by atoms with van der Waals surface area (Å²) in [6.45, 7) is 11.4. The van der Waals surface area contributed by atoms with Crippen LogP contribution < -0.4 is 4.50 Å². The van der Waals surface area contributed by atoms with Crippen LogP contribution in [-0.2, 0) is 0 Å². The largest absolute Gasteiger partial charge is 0.288 e. The number of thiophene rings is 2. The van der Waals surface area contributed by atoms with Crippen LogP contribution in [0.5, 0.6) is 0 Å². The van der Waals surface area contributed by atoms with Gasteiger partial charge in [0, 0.05) is 15.3 Å². The van der Waals surface area contributed by atoms with Crippen molar-refractivity contribution in [1.29, 1.82) is 0 Å². The lowest BCUT2D eigenvalue weighted by Crippen LogP contribution is -2.37. The van der Waals surface area contributed by atoms with E-state index in [9.17, 15) is 4.79 Å². The Morgan fingerprint density at radius 1 is 0.864 bits per heavy atom. The van der Waals surface area contributed by atoms with Crippen molar-refractivity contribution in [3.05, 3.63) is 22.3 Å². The van der Waals surface area contributed by atoms with Crippen LogP contribution in [0.3, 0.4) is 0 Å². The third kappa shape index (κ3) is 2.20. The first kappa shape index (κ1) is 16.5. The molecule has 1 aliphatic rings. The Morgan fingerprint density at radius 2 is 1.36 bits per heavy atom. The smallest absolute Gasteiger partial charge is 0.196 e. The fourth-order valence-electron chi connectivity index (χ4n) is 3.30. The zero-order valence-electron chi connectivity index (χ0n) is 14.6. The second kappa shape index (κ2) is 4.82. The topological polar surface area (TPSA) is 17.1 Å². The van der Waals surface area contributed by atoms with E-state index in [-0.39, 0.29) is 5.78 Å². The number of hydrogen-bond acceptors (Lipinski definition) is 3. The van der Waals surface area contributed by atoms with Gasteiger partial charge < -0.3 is 0 Å². The minimum atomic E-state index is -1.39. The normalized spacial score (nSPS) is 15.2. The fraction of sp³-hybridized carbons (Fsp3) is 0.471. The predicted octanol–water partition coefficient (Wildman–Crippen LogP) is 5.24. The van der Waals surface area contributed by atoms with Gasteiger partial charge in [-0.05, 0) is 48.2 Å². The Bertz CT molecular complexity index is 731. The van der Waals surface area contributed by atoms with E-state index >= 15 is 0 Å². The number of carbonyl (C=O) groups excluding carboxylic acids is 1. The van der Waals surface area contributed by atoms with Crippen LogP contribution in [0.15, 0.2) is 4.21 Å². The minimum absolute atomic E-state index is 0.284. The van der Waals surface area contributed by atoms with Crippen molar-refractivity contribution < 1.29 is 4.79 Å². The van der Waals surface area contributed by atoms with Gasteiger partial charge in [0.2, 0.25) is 0 Å². The van der Waals surface area contributed by atoms with Gasteiger partial charge in [-0.25, -0.2) is 10.0 Å². The number of hydrogen-bond donors (Lipinski definition) is 0. The quantitative estimate of drug-likeness (QED) is 0.566. The molecule has 2 aromatic heterocycles. The van der Waals surface area contributed by atoms with Crippen molar-refractivity contribution in [3.63, 3.8) is 0 Å². The van der Waals surface area contributed by atoms with Crippen molar-refractivity contribution >= 4 is 51.1 Å².